The number of ether oxygens (including phenoxy) is 1. The summed E-state index contributed by atoms with van der Waals surface area (Å²) >= 11 is 0. The van der Waals surface area contributed by atoms with Gasteiger partial charge in [0.1, 0.15) is 0 Å². The van der Waals surface area contributed by atoms with E-state index in [1.54, 1.807) is 0 Å². The number of rotatable bonds is 0. The van der Waals surface area contributed by atoms with E-state index in [1.807, 2.05) is 0 Å². The normalized spacial score (nSPS) is 31.6. The van der Waals surface area contributed by atoms with E-state index >= 15 is 0 Å². The van der Waals surface area contributed by atoms with E-state index in [-0.39, 0.29) is 6.42 Å². The number of aliphatic imine (C=N–C) groups is 1. The zero-order valence-electron chi connectivity index (χ0n) is 6.43. The van der Waals surface area contributed by atoms with Crippen molar-refractivity contribution in [3.8, 4) is 0 Å². The highest BCUT2D eigenvalue weighted by atomic mass is 19.4. The zero-order valence-corrected chi connectivity index (χ0v) is 6.43. The third kappa shape index (κ3) is 2.18. The van der Waals surface area contributed by atoms with Gasteiger partial charge in [-0.1, -0.05) is 0 Å². The highest BCUT2D eigenvalue weighted by Crippen LogP contribution is 2.28. The maximum atomic E-state index is 12.1. The summed E-state index contributed by atoms with van der Waals surface area (Å²) in [5, 5.41) is 0. The van der Waals surface area contributed by atoms with Gasteiger partial charge in [-0.3, -0.25) is 5.73 Å². The number of nitrogens with two attached hydrogens (primary N) is 1. The van der Waals surface area contributed by atoms with Crippen LogP contribution in [0.3, 0.4) is 0 Å². The van der Waals surface area contributed by atoms with Crippen molar-refractivity contribution in [2.45, 2.75) is 32.0 Å². The largest absolute Gasteiger partial charge is 0.415 e. The summed E-state index contributed by atoms with van der Waals surface area (Å²) in [6, 6.07) is 0. The molecule has 0 amide bonds. The van der Waals surface area contributed by atoms with Crippen molar-refractivity contribution < 1.29 is 17.9 Å². The van der Waals surface area contributed by atoms with Crippen LogP contribution in [-0.4, -0.2) is 24.3 Å². The van der Waals surface area contributed by atoms with Gasteiger partial charge in [-0.05, 0) is 6.92 Å². The summed E-state index contributed by atoms with van der Waals surface area (Å²) in [6.45, 7) is 1.50. The van der Waals surface area contributed by atoms with Gasteiger partial charge >= 0.3 is 6.18 Å². The Morgan fingerprint density at radius 3 is 2.58 bits per heavy atom. The average Bonchev–Trinajstić information content (AvgIpc) is 1.82. The number of alkyl halides is 3. The first kappa shape index (κ1) is 9.47. The molecule has 0 fully saturated rings. The van der Waals surface area contributed by atoms with Crippen molar-refractivity contribution in [1.82, 2.24) is 0 Å². The fourth-order valence-electron chi connectivity index (χ4n) is 0.978. The second kappa shape index (κ2) is 3.02. The van der Waals surface area contributed by atoms with E-state index in [9.17, 15) is 13.2 Å². The Morgan fingerprint density at radius 1 is 1.58 bits per heavy atom. The van der Waals surface area contributed by atoms with Crippen LogP contribution in [0, 0.1) is 0 Å². The molecule has 2 unspecified atom stereocenters. The summed E-state index contributed by atoms with van der Waals surface area (Å²) < 4.78 is 40.5. The molecular formula is C6H9F3N2O. The Hall–Kier alpha value is -0.620. The summed E-state index contributed by atoms with van der Waals surface area (Å²) in [4.78, 5) is 3.62. The molecule has 1 rings (SSSR count). The predicted octanol–water partition coefficient (Wildman–Crippen LogP) is 1.04. The van der Waals surface area contributed by atoms with Gasteiger partial charge in [0.2, 0.25) is 6.35 Å². The summed E-state index contributed by atoms with van der Waals surface area (Å²) in [6.07, 6.45) is -7.55. The molecule has 1 aliphatic rings. The van der Waals surface area contributed by atoms with Gasteiger partial charge < -0.3 is 4.74 Å². The number of halogens is 3. The SMILES string of the molecule is CC1=NC(N)OC(C(F)(F)F)C1. The smallest absolute Gasteiger partial charge is 0.331 e. The maximum absolute atomic E-state index is 12.1. The van der Waals surface area contributed by atoms with Gasteiger partial charge in [0.15, 0.2) is 6.10 Å². The lowest BCUT2D eigenvalue weighted by atomic mass is 10.1. The third-order valence-corrected chi connectivity index (χ3v) is 1.50. The highest BCUT2D eigenvalue weighted by molar-refractivity contribution is 5.82. The van der Waals surface area contributed by atoms with Crippen LogP contribution in [0.5, 0.6) is 0 Å². The van der Waals surface area contributed by atoms with E-state index in [4.69, 9.17) is 5.73 Å². The fraction of sp³-hybridized carbons (Fsp3) is 0.833. The highest BCUT2D eigenvalue weighted by Gasteiger charge is 2.43. The minimum atomic E-state index is -4.35. The van der Waals surface area contributed by atoms with Crippen molar-refractivity contribution >= 4 is 5.71 Å². The lowest BCUT2D eigenvalue weighted by molar-refractivity contribution is -0.232. The minimum absolute atomic E-state index is 0.225. The first-order valence-electron chi connectivity index (χ1n) is 3.40. The van der Waals surface area contributed by atoms with E-state index < -0.39 is 18.6 Å². The standard InChI is InChI=1S/C6H9F3N2O/c1-3-2-4(6(7,8)9)12-5(10)11-3/h4-5H,2,10H2,1H3. The Morgan fingerprint density at radius 2 is 2.17 bits per heavy atom. The molecular weight excluding hydrogens is 173 g/mol. The van der Waals surface area contributed by atoms with Crippen molar-refractivity contribution in [3.05, 3.63) is 0 Å². The Kier molecular flexibility index (Phi) is 2.39. The van der Waals surface area contributed by atoms with Crippen LogP contribution < -0.4 is 5.73 Å². The van der Waals surface area contributed by atoms with Gasteiger partial charge in [-0.15, -0.1) is 0 Å². The van der Waals surface area contributed by atoms with Gasteiger partial charge in [0, 0.05) is 12.1 Å². The number of hydrogen-bond acceptors (Lipinski definition) is 3. The summed E-state index contributed by atoms with van der Waals surface area (Å²) in [5.74, 6) is 0. The van der Waals surface area contributed by atoms with Gasteiger partial charge in [0.05, 0.1) is 0 Å². The van der Waals surface area contributed by atoms with E-state index in [2.05, 4.69) is 9.73 Å². The predicted molar refractivity (Wildman–Crippen MR) is 36.6 cm³/mol. The molecule has 1 aliphatic heterocycles. The van der Waals surface area contributed by atoms with Crippen molar-refractivity contribution in [3.63, 3.8) is 0 Å². The van der Waals surface area contributed by atoms with E-state index in [0.717, 1.165) is 0 Å². The molecule has 0 aromatic carbocycles. The zero-order chi connectivity index (χ0) is 9.35. The minimum Gasteiger partial charge on any atom is -0.331 e. The van der Waals surface area contributed by atoms with Crippen LogP contribution in [0.1, 0.15) is 13.3 Å². The Balaban J connectivity index is 2.68. The molecule has 0 aromatic rings. The van der Waals surface area contributed by atoms with E-state index in [1.165, 1.54) is 6.92 Å². The first-order chi connectivity index (χ1) is 5.39. The number of nitrogens with zero attached hydrogens (tertiary/aromatic N) is 1. The van der Waals surface area contributed by atoms with Crippen molar-refractivity contribution in [2.24, 2.45) is 10.7 Å². The molecule has 0 aromatic heterocycles. The Bertz CT molecular complexity index is 201. The van der Waals surface area contributed by atoms with E-state index in [0.29, 0.717) is 5.71 Å². The van der Waals surface area contributed by atoms with Crippen LogP contribution >= 0.6 is 0 Å². The summed E-state index contributed by atoms with van der Waals surface area (Å²) in [7, 11) is 0. The molecule has 70 valence electrons. The van der Waals surface area contributed by atoms with Crippen molar-refractivity contribution in [1.29, 1.82) is 0 Å². The topological polar surface area (TPSA) is 47.6 Å². The van der Waals surface area contributed by atoms with Crippen LogP contribution in [0.15, 0.2) is 4.99 Å². The molecule has 2 N–H and O–H groups in total. The molecule has 0 saturated carbocycles. The molecule has 1 heterocycles. The molecule has 3 nitrogen and oxygen atoms in total. The number of hydrogen-bond donors (Lipinski definition) is 1. The average molecular weight is 182 g/mol. The lowest BCUT2D eigenvalue weighted by Crippen LogP contribution is -2.42. The monoisotopic (exact) mass is 182 g/mol. The second-order valence-corrected chi connectivity index (χ2v) is 2.63. The molecule has 12 heavy (non-hydrogen) atoms. The third-order valence-electron chi connectivity index (χ3n) is 1.50. The maximum Gasteiger partial charge on any atom is 0.415 e. The molecule has 2 atom stereocenters. The summed E-state index contributed by atoms with van der Waals surface area (Å²) in [5.41, 5.74) is 5.47. The fourth-order valence-corrected chi connectivity index (χ4v) is 0.978. The first-order valence-corrected chi connectivity index (χ1v) is 3.40. The van der Waals surface area contributed by atoms with Gasteiger partial charge in [0.25, 0.3) is 0 Å². The van der Waals surface area contributed by atoms with Crippen LogP contribution in [-0.2, 0) is 4.74 Å². The molecule has 0 aliphatic carbocycles. The van der Waals surface area contributed by atoms with Crippen molar-refractivity contribution in [2.75, 3.05) is 0 Å². The molecule has 0 spiro atoms. The lowest BCUT2D eigenvalue weighted by Gasteiger charge is -2.26. The molecule has 0 radical (unpaired) electrons. The molecule has 0 bridgehead atoms. The van der Waals surface area contributed by atoms with Crippen LogP contribution in [0.2, 0.25) is 0 Å². The quantitative estimate of drug-likeness (QED) is 0.608. The van der Waals surface area contributed by atoms with Gasteiger partial charge in [-0.2, -0.15) is 13.2 Å². The Labute approximate surface area is 67.4 Å². The van der Waals surface area contributed by atoms with Crippen LogP contribution in [0.25, 0.3) is 0 Å². The van der Waals surface area contributed by atoms with Gasteiger partial charge in [-0.25, -0.2) is 4.99 Å². The van der Waals surface area contributed by atoms with Crippen LogP contribution in [0.4, 0.5) is 13.2 Å². The second-order valence-electron chi connectivity index (χ2n) is 2.63. The molecule has 6 heteroatoms. The molecule has 0 saturated heterocycles.